The molecule has 2 heteroatoms. The molecule has 0 fully saturated rings. The number of benzene rings is 1. The van der Waals surface area contributed by atoms with E-state index in [1.807, 2.05) is 18.2 Å². The first kappa shape index (κ1) is 13.7. The van der Waals surface area contributed by atoms with Crippen LogP contribution in [0.4, 0.5) is 0 Å². The number of aliphatic hydroxyl groups excluding tert-OH is 2. The molecule has 0 spiro atoms. The monoisotopic (exact) mass is 170 g/mol. The van der Waals surface area contributed by atoms with E-state index in [0.29, 0.717) is 0 Å². The van der Waals surface area contributed by atoms with Gasteiger partial charge in [0.25, 0.3) is 0 Å². The summed E-state index contributed by atoms with van der Waals surface area (Å²) < 4.78 is 0. The maximum Gasteiger partial charge on any atom is 0.0402 e. The Labute approximate surface area is 74.5 Å². The zero-order valence-corrected chi connectivity index (χ0v) is 7.99. The summed E-state index contributed by atoms with van der Waals surface area (Å²) in [6, 6.07) is 10.3. The average molecular weight is 170 g/mol. The third kappa shape index (κ3) is 11.9. The first-order chi connectivity index (χ1) is 5.81. The largest absolute Gasteiger partial charge is 0.400 e. The van der Waals surface area contributed by atoms with E-state index in [2.05, 4.69) is 19.1 Å². The van der Waals surface area contributed by atoms with Crippen LogP contribution in [0.3, 0.4) is 0 Å². The Morgan fingerprint density at radius 1 is 1.08 bits per heavy atom. The Kier molecular flexibility index (Phi) is 14.6. The van der Waals surface area contributed by atoms with Crippen LogP contribution < -0.4 is 0 Å². The predicted molar refractivity (Wildman–Crippen MR) is 52.1 cm³/mol. The van der Waals surface area contributed by atoms with E-state index in [9.17, 15) is 0 Å². The molecule has 1 aromatic rings. The van der Waals surface area contributed by atoms with Crippen LogP contribution in [0.2, 0.25) is 0 Å². The smallest absolute Gasteiger partial charge is 0.0402 e. The molecule has 0 bridgehead atoms. The van der Waals surface area contributed by atoms with Gasteiger partial charge in [0.15, 0.2) is 0 Å². The second kappa shape index (κ2) is 12.8. The summed E-state index contributed by atoms with van der Waals surface area (Å²) in [5.41, 5.74) is 1.32. The molecular weight excluding hydrogens is 152 g/mol. The van der Waals surface area contributed by atoms with E-state index in [-0.39, 0.29) is 6.61 Å². The van der Waals surface area contributed by atoms with Gasteiger partial charge in [-0.1, -0.05) is 35.9 Å². The third-order valence-electron chi connectivity index (χ3n) is 0.940. The van der Waals surface area contributed by atoms with Crippen molar-refractivity contribution in [1.29, 1.82) is 0 Å². The van der Waals surface area contributed by atoms with Crippen molar-refractivity contribution in [2.24, 2.45) is 0 Å². The first-order valence-electron chi connectivity index (χ1n) is 3.88. The van der Waals surface area contributed by atoms with Gasteiger partial charge in [-0.25, -0.2) is 0 Å². The van der Waals surface area contributed by atoms with Crippen molar-refractivity contribution in [2.75, 3.05) is 13.7 Å². The summed E-state index contributed by atoms with van der Waals surface area (Å²) >= 11 is 0. The van der Waals surface area contributed by atoms with Crippen LogP contribution in [0.15, 0.2) is 30.3 Å². The summed E-state index contributed by atoms with van der Waals surface area (Å²) in [7, 11) is 1.00. The van der Waals surface area contributed by atoms with Crippen LogP contribution in [0.25, 0.3) is 0 Å². The first-order valence-corrected chi connectivity index (χ1v) is 3.88. The molecule has 12 heavy (non-hydrogen) atoms. The lowest BCUT2D eigenvalue weighted by atomic mass is 10.2. The molecule has 0 unspecified atom stereocenters. The summed E-state index contributed by atoms with van der Waals surface area (Å²) in [4.78, 5) is 0. The van der Waals surface area contributed by atoms with E-state index < -0.39 is 0 Å². The van der Waals surface area contributed by atoms with E-state index >= 15 is 0 Å². The van der Waals surface area contributed by atoms with E-state index in [1.165, 1.54) is 5.56 Å². The van der Waals surface area contributed by atoms with Crippen LogP contribution in [0.5, 0.6) is 0 Å². The molecule has 0 saturated carbocycles. The van der Waals surface area contributed by atoms with E-state index in [1.54, 1.807) is 6.92 Å². The second-order valence-electron chi connectivity index (χ2n) is 1.97. The fourth-order valence-electron chi connectivity index (χ4n) is 0.534. The zero-order valence-electron chi connectivity index (χ0n) is 7.99. The molecule has 0 amide bonds. The highest BCUT2D eigenvalue weighted by molar-refractivity contribution is 5.11. The van der Waals surface area contributed by atoms with Crippen molar-refractivity contribution >= 4 is 0 Å². The Hall–Kier alpha value is -0.860. The van der Waals surface area contributed by atoms with Gasteiger partial charge in [-0.15, -0.1) is 0 Å². The topological polar surface area (TPSA) is 40.5 Å². The van der Waals surface area contributed by atoms with Gasteiger partial charge in [-0.2, -0.15) is 0 Å². The van der Waals surface area contributed by atoms with Crippen molar-refractivity contribution in [2.45, 2.75) is 13.8 Å². The number of hydrogen-bond acceptors (Lipinski definition) is 2. The highest BCUT2D eigenvalue weighted by Crippen LogP contribution is 1.92. The number of aryl methyl sites for hydroxylation is 1. The summed E-state index contributed by atoms with van der Waals surface area (Å²) in [6.45, 7) is 4.01. The Bertz CT molecular complexity index is 149. The SMILES string of the molecule is CCO.CO.Cc1ccccc1. The van der Waals surface area contributed by atoms with Gasteiger partial charge in [0.05, 0.1) is 0 Å². The number of hydrogen-bond donors (Lipinski definition) is 2. The summed E-state index contributed by atoms with van der Waals surface area (Å²) in [5.74, 6) is 0. The minimum atomic E-state index is 0.250. The molecule has 0 aromatic heterocycles. The van der Waals surface area contributed by atoms with Gasteiger partial charge >= 0.3 is 0 Å². The summed E-state index contributed by atoms with van der Waals surface area (Å²) in [5, 5.41) is 14.6. The molecule has 0 heterocycles. The third-order valence-corrected chi connectivity index (χ3v) is 0.940. The minimum Gasteiger partial charge on any atom is -0.400 e. The summed E-state index contributed by atoms with van der Waals surface area (Å²) in [6.07, 6.45) is 0. The molecule has 2 nitrogen and oxygen atoms in total. The quantitative estimate of drug-likeness (QED) is 0.621. The van der Waals surface area contributed by atoms with Gasteiger partial charge < -0.3 is 10.2 Å². The fourth-order valence-corrected chi connectivity index (χ4v) is 0.534. The van der Waals surface area contributed by atoms with Gasteiger partial charge in [0, 0.05) is 13.7 Å². The normalized spacial score (nSPS) is 7.08. The van der Waals surface area contributed by atoms with Gasteiger partial charge in [0.2, 0.25) is 0 Å². The molecule has 0 radical (unpaired) electrons. The Balaban J connectivity index is 0. The van der Waals surface area contributed by atoms with Gasteiger partial charge in [-0.05, 0) is 13.8 Å². The molecule has 0 saturated heterocycles. The fraction of sp³-hybridized carbons (Fsp3) is 0.400. The van der Waals surface area contributed by atoms with Crippen molar-refractivity contribution in [3.63, 3.8) is 0 Å². The molecule has 0 aliphatic rings. The Morgan fingerprint density at radius 3 is 1.58 bits per heavy atom. The van der Waals surface area contributed by atoms with Crippen molar-refractivity contribution < 1.29 is 10.2 Å². The average Bonchev–Trinajstić information content (AvgIpc) is 2.11. The molecule has 70 valence electrons. The highest BCUT2D eigenvalue weighted by atomic mass is 16.2. The van der Waals surface area contributed by atoms with E-state index in [0.717, 1.165) is 7.11 Å². The highest BCUT2D eigenvalue weighted by Gasteiger charge is 1.72. The maximum absolute atomic E-state index is 7.57. The molecule has 1 aromatic carbocycles. The molecule has 0 atom stereocenters. The van der Waals surface area contributed by atoms with Crippen molar-refractivity contribution in [1.82, 2.24) is 0 Å². The van der Waals surface area contributed by atoms with Crippen molar-refractivity contribution in [3.8, 4) is 0 Å². The molecule has 0 aliphatic carbocycles. The lowest BCUT2D eigenvalue weighted by Crippen LogP contribution is -1.62. The lowest BCUT2D eigenvalue weighted by molar-refractivity contribution is 0.318. The van der Waals surface area contributed by atoms with Crippen LogP contribution >= 0.6 is 0 Å². The molecule has 0 aliphatic heterocycles. The molecular formula is C10H18O2. The van der Waals surface area contributed by atoms with E-state index in [4.69, 9.17) is 10.2 Å². The van der Waals surface area contributed by atoms with Crippen LogP contribution in [-0.2, 0) is 0 Å². The van der Waals surface area contributed by atoms with Crippen LogP contribution in [0, 0.1) is 6.92 Å². The maximum atomic E-state index is 7.57. The van der Waals surface area contributed by atoms with Crippen LogP contribution in [0.1, 0.15) is 12.5 Å². The zero-order chi connectivity index (χ0) is 9.82. The predicted octanol–water partition coefficient (Wildman–Crippen LogP) is 1.60. The van der Waals surface area contributed by atoms with Gasteiger partial charge in [0.1, 0.15) is 0 Å². The Morgan fingerprint density at radius 2 is 1.42 bits per heavy atom. The number of aliphatic hydroxyl groups is 2. The van der Waals surface area contributed by atoms with Gasteiger partial charge in [-0.3, -0.25) is 0 Å². The standard InChI is InChI=1S/C7H8.C2H6O.CH4O/c1-7-5-3-2-4-6-7;1-2-3;1-2/h2-6H,1H3;3H,2H2,1H3;2H,1H3. The minimum absolute atomic E-state index is 0.250. The van der Waals surface area contributed by atoms with Crippen molar-refractivity contribution in [3.05, 3.63) is 35.9 Å². The number of rotatable bonds is 0. The van der Waals surface area contributed by atoms with Crippen LogP contribution in [-0.4, -0.2) is 23.9 Å². The lowest BCUT2D eigenvalue weighted by Gasteiger charge is -1.82. The second-order valence-corrected chi connectivity index (χ2v) is 1.97. The molecule has 2 N–H and O–H groups in total. The molecule has 1 rings (SSSR count).